The molecule has 0 unspecified atom stereocenters. The Hall–Kier alpha value is -3.93. The summed E-state index contributed by atoms with van der Waals surface area (Å²) in [5, 5.41) is 5.57. The lowest BCUT2D eigenvalue weighted by Crippen LogP contribution is -2.42. The zero-order valence-corrected chi connectivity index (χ0v) is 18.4. The van der Waals surface area contributed by atoms with Gasteiger partial charge in [-0.25, -0.2) is 4.79 Å². The second-order valence-corrected chi connectivity index (χ2v) is 8.78. The number of nitrogens with one attached hydrogen (secondary N) is 2. The molecule has 33 heavy (non-hydrogen) atoms. The van der Waals surface area contributed by atoms with Crippen molar-refractivity contribution in [2.45, 2.75) is 31.7 Å². The smallest absolute Gasteiger partial charge is 0.325 e. The first-order valence-electron chi connectivity index (χ1n) is 11.2. The third-order valence-corrected chi connectivity index (χ3v) is 6.53. The lowest BCUT2D eigenvalue weighted by atomic mass is 9.89. The zero-order valence-electron chi connectivity index (χ0n) is 18.4. The van der Waals surface area contributed by atoms with Crippen molar-refractivity contribution in [3.05, 3.63) is 89.5 Å². The maximum atomic E-state index is 13.2. The minimum atomic E-state index is -1.17. The lowest BCUT2D eigenvalue weighted by Gasteiger charge is -2.23. The molecule has 1 fully saturated rings. The Morgan fingerprint density at radius 3 is 2.39 bits per heavy atom. The number of imide groups is 1. The van der Waals surface area contributed by atoms with Crippen molar-refractivity contribution in [2.24, 2.45) is 0 Å². The standard InChI is InChI=1S/C27H25N3O3/c1-27(22-13-10-19-8-5-9-21(19)16-22)25(32)30(26(33)29-27)17-24(31)28-23-14-11-20(12-15-23)18-6-3-2-4-7-18/h2-4,6-7,10-16H,5,8-9,17H2,1H3,(H,28,31)(H,29,33)/t27-/m0/s1. The third kappa shape index (κ3) is 3.89. The van der Waals surface area contributed by atoms with Gasteiger partial charge in [0.2, 0.25) is 5.91 Å². The number of carbonyl (C=O) groups is 3. The molecule has 5 rings (SSSR count). The van der Waals surface area contributed by atoms with Crippen LogP contribution in [0.4, 0.5) is 10.5 Å². The summed E-state index contributed by atoms with van der Waals surface area (Å²) in [6.07, 6.45) is 3.14. The molecule has 4 amide bonds. The van der Waals surface area contributed by atoms with Gasteiger partial charge < -0.3 is 10.6 Å². The van der Waals surface area contributed by atoms with E-state index in [1.807, 2.05) is 60.7 Å². The van der Waals surface area contributed by atoms with Gasteiger partial charge in [-0.15, -0.1) is 0 Å². The SMILES string of the molecule is C[C@@]1(c2ccc3c(c2)CCC3)NC(=O)N(CC(=O)Nc2ccc(-c3ccccc3)cc2)C1=O. The van der Waals surface area contributed by atoms with Gasteiger partial charge in [0.1, 0.15) is 12.1 Å². The molecule has 0 spiro atoms. The molecule has 6 nitrogen and oxygen atoms in total. The fraction of sp³-hybridized carbons (Fsp3) is 0.222. The van der Waals surface area contributed by atoms with Gasteiger partial charge in [0.05, 0.1) is 0 Å². The van der Waals surface area contributed by atoms with E-state index in [0.717, 1.165) is 40.9 Å². The number of anilines is 1. The minimum Gasteiger partial charge on any atom is -0.325 e. The van der Waals surface area contributed by atoms with Crippen LogP contribution in [0.25, 0.3) is 11.1 Å². The Morgan fingerprint density at radius 2 is 1.64 bits per heavy atom. The predicted octanol–water partition coefficient (Wildman–Crippen LogP) is 4.25. The first-order chi connectivity index (χ1) is 15.9. The fourth-order valence-corrected chi connectivity index (χ4v) is 4.64. The molecular formula is C27H25N3O3. The Morgan fingerprint density at radius 1 is 0.939 bits per heavy atom. The van der Waals surface area contributed by atoms with Crippen molar-refractivity contribution in [1.29, 1.82) is 0 Å². The zero-order chi connectivity index (χ0) is 23.0. The fourth-order valence-electron chi connectivity index (χ4n) is 4.64. The van der Waals surface area contributed by atoms with Crippen molar-refractivity contribution in [1.82, 2.24) is 10.2 Å². The van der Waals surface area contributed by atoms with Crippen LogP contribution in [0.1, 0.15) is 30.0 Å². The molecule has 1 atom stereocenters. The topological polar surface area (TPSA) is 78.5 Å². The Kier molecular flexibility index (Phi) is 5.21. The summed E-state index contributed by atoms with van der Waals surface area (Å²) in [5.74, 6) is -0.843. The molecule has 1 heterocycles. The highest BCUT2D eigenvalue weighted by atomic mass is 16.2. The number of urea groups is 1. The van der Waals surface area contributed by atoms with Gasteiger partial charge >= 0.3 is 6.03 Å². The van der Waals surface area contributed by atoms with E-state index in [4.69, 9.17) is 0 Å². The number of nitrogens with zero attached hydrogens (tertiary/aromatic N) is 1. The summed E-state index contributed by atoms with van der Waals surface area (Å²) >= 11 is 0. The molecule has 3 aromatic carbocycles. The molecule has 0 radical (unpaired) electrons. The third-order valence-electron chi connectivity index (χ3n) is 6.53. The average molecular weight is 440 g/mol. The van der Waals surface area contributed by atoms with Crippen molar-refractivity contribution >= 4 is 23.5 Å². The van der Waals surface area contributed by atoms with E-state index in [2.05, 4.69) is 10.6 Å². The number of amides is 4. The summed E-state index contributed by atoms with van der Waals surface area (Å²) < 4.78 is 0. The normalized spacial score (nSPS) is 19.4. The number of hydrogen-bond donors (Lipinski definition) is 2. The largest absolute Gasteiger partial charge is 0.325 e. The molecular weight excluding hydrogens is 414 g/mol. The summed E-state index contributed by atoms with van der Waals surface area (Å²) in [6.45, 7) is 1.36. The summed E-state index contributed by atoms with van der Waals surface area (Å²) in [7, 11) is 0. The Balaban J connectivity index is 1.27. The number of rotatable bonds is 5. The van der Waals surface area contributed by atoms with Crippen LogP contribution in [-0.4, -0.2) is 29.3 Å². The highest BCUT2D eigenvalue weighted by Gasteiger charge is 2.49. The van der Waals surface area contributed by atoms with E-state index in [1.54, 1.807) is 19.1 Å². The second kappa shape index (κ2) is 8.20. The first-order valence-corrected chi connectivity index (χ1v) is 11.2. The van der Waals surface area contributed by atoms with E-state index in [0.29, 0.717) is 5.69 Å². The van der Waals surface area contributed by atoms with E-state index in [9.17, 15) is 14.4 Å². The molecule has 1 saturated heterocycles. The van der Waals surface area contributed by atoms with Crippen LogP contribution in [0, 0.1) is 0 Å². The van der Waals surface area contributed by atoms with Gasteiger partial charge in [-0.05, 0) is 66.1 Å². The van der Waals surface area contributed by atoms with Crippen LogP contribution < -0.4 is 10.6 Å². The van der Waals surface area contributed by atoms with Crippen molar-refractivity contribution in [3.8, 4) is 11.1 Å². The molecule has 3 aromatic rings. The van der Waals surface area contributed by atoms with Crippen LogP contribution in [0.5, 0.6) is 0 Å². The molecule has 166 valence electrons. The quantitative estimate of drug-likeness (QED) is 0.584. The highest BCUT2D eigenvalue weighted by Crippen LogP contribution is 2.32. The van der Waals surface area contributed by atoms with Crippen LogP contribution in [0.3, 0.4) is 0 Å². The second-order valence-electron chi connectivity index (χ2n) is 8.78. The van der Waals surface area contributed by atoms with Crippen LogP contribution >= 0.6 is 0 Å². The van der Waals surface area contributed by atoms with Crippen LogP contribution in [0.2, 0.25) is 0 Å². The summed E-state index contributed by atoms with van der Waals surface area (Å²) in [4.78, 5) is 39.4. The summed E-state index contributed by atoms with van der Waals surface area (Å²) in [6, 6.07) is 22.8. The Bertz CT molecular complexity index is 1240. The van der Waals surface area contributed by atoms with Gasteiger partial charge in [-0.3, -0.25) is 14.5 Å². The first kappa shape index (κ1) is 20.9. The molecule has 2 aliphatic rings. The number of hydrogen-bond acceptors (Lipinski definition) is 3. The van der Waals surface area contributed by atoms with E-state index >= 15 is 0 Å². The van der Waals surface area contributed by atoms with E-state index in [-0.39, 0.29) is 6.54 Å². The predicted molar refractivity (Wildman–Crippen MR) is 127 cm³/mol. The van der Waals surface area contributed by atoms with Gasteiger partial charge in [0.25, 0.3) is 5.91 Å². The lowest BCUT2D eigenvalue weighted by molar-refractivity contribution is -0.133. The minimum absolute atomic E-state index is 0.342. The highest BCUT2D eigenvalue weighted by molar-refractivity contribution is 6.10. The van der Waals surface area contributed by atoms with Gasteiger partial charge in [-0.1, -0.05) is 60.7 Å². The molecule has 2 N–H and O–H groups in total. The molecule has 1 aliphatic heterocycles. The van der Waals surface area contributed by atoms with Crippen LogP contribution in [-0.2, 0) is 28.0 Å². The average Bonchev–Trinajstić information content (AvgIpc) is 3.38. The molecule has 1 aliphatic carbocycles. The maximum absolute atomic E-state index is 13.2. The monoisotopic (exact) mass is 439 g/mol. The maximum Gasteiger partial charge on any atom is 0.325 e. The van der Waals surface area contributed by atoms with Crippen molar-refractivity contribution < 1.29 is 14.4 Å². The van der Waals surface area contributed by atoms with Crippen molar-refractivity contribution in [3.63, 3.8) is 0 Å². The van der Waals surface area contributed by atoms with Crippen molar-refractivity contribution in [2.75, 3.05) is 11.9 Å². The van der Waals surface area contributed by atoms with E-state index < -0.39 is 23.4 Å². The molecule has 0 bridgehead atoms. The van der Waals surface area contributed by atoms with Crippen LogP contribution in [0.15, 0.2) is 72.8 Å². The van der Waals surface area contributed by atoms with E-state index in [1.165, 1.54) is 11.1 Å². The van der Waals surface area contributed by atoms with Gasteiger partial charge in [-0.2, -0.15) is 0 Å². The number of aryl methyl sites for hydroxylation is 2. The Labute approximate surface area is 192 Å². The van der Waals surface area contributed by atoms with Gasteiger partial charge in [0, 0.05) is 5.69 Å². The molecule has 0 saturated carbocycles. The van der Waals surface area contributed by atoms with Gasteiger partial charge in [0.15, 0.2) is 0 Å². The number of fused-ring (bicyclic) bond motifs is 1. The number of benzene rings is 3. The molecule has 6 heteroatoms. The number of carbonyl (C=O) groups excluding carboxylic acids is 3. The summed E-state index contributed by atoms with van der Waals surface area (Å²) in [5.41, 5.74) is 4.83. The molecule has 0 aromatic heterocycles.